The van der Waals surface area contributed by atoms with Crippen LogP contribution < -0.4 is 0 Å². The predicted octanol–water partition coefficient (Wildman–Crippen LogP) is 5.67. The van der Waals surface area contributed by atoms with E-state index in [-0.39, 0.29) is 11.0 Å². The largest absolute Gasteiger partial charge is 0.478 e. The number of benzene rings is 2. The second-order valence-corrected chi connectivity index (χ2v) is 8.72. The van der Waals surface area contributed by atoms with E-state index in [2.05, 4.69) is 57.7 Å². The van der Waals surface area contributed by atoms with E-state index >= 15 is 0 Å². The van der Waals surface area contributed by atoms with Crippen LogP contribution in [-0.2, 0) is 22.2 Å². The highest BCUT2D eigenvalue weighted by Crippen LogP contribution is 2.52. The van der Waals surface area contributed by atoms with Crippen LogP contribution in [0.2, 0.25) is 0 Å². The van der Waals surface area contributed by atoms with E-state index in [1.54, 1.807) is 12.1 Å². The zero-order valence-corrected chi connectivity index (χ0v) is 18.1. The van der Waals surface area contributed by atoms with Gasteiger partial charge in [0.15, 0.2) is 0 Å². The van der Waals surface area contributed by atoms with Gasteiger partial charge in [0, 0.05) is 17.7 Å². The first kappa shape index (κ1) is 21.1. The normalized spacial score (nSPS) is 14.8. The number of carboxylic acid groups (broad SMARTS) is 1. The molecule has 3 nitrogen and oxygen atoms in total. The highest BCUT2D eigenvalue weighted by molar-refractivity contribution is 5.89. The van der Waals surface area contributed by atoms with E-state index in [1.165, 1.54) is 11.1 Å². The first-order chi connectivity index (χ1) is 13.7. The maximum atomic E-state index is 11.3. The summed E-state index contributed by atoms with van der Waals surface area (Å²) < 4.78 is 6.10. The second-order valence-electron chi connectivity index (χ2n) is 8.72. The van der Waals surface area contributed by atoms with Crippen molar-refractivity contribution >= 4 is 5.97 Å². The summed E-state index contributed by atoms with van der Waals surface area (Å²) >= 11 is 0. The molecule has 0 bridgehead atoms. The number of rotatable bonds is 5. The van der Waals surface area contributed by atoms with Gasteiger partial charge in [-0.3, -0.25) is 0 Å². The van der Waals surface area contributed by atoms with Gasteiger partial charge in [-0.05, 0) is 78.6 Å². The molecule has 0 saturated heterocycles. The van der Waals surface area contributed by atoms with Gasteiger partial charge in [-0.2, -0.15) is 0 Å². The molecule has 1 fully saturated rings. The number of ether oxygens (including phenoxy) is 1. The Kier molecular flexibility index (Phi) is 5.87. The molecule has 3 rings (SSSR count). The lowest BCUT2D eigenvalue weighted by Gasteiger charge is -2.28. The molecule has 0 unspecified atom stereocenters. The van der Waals surface area contributed by atoms with Crippen molar-refractivity contribution in [2.75, 3.05) is 6.61 Å². The zero-order chi connectivity index (χ0) is 21.2. The average molecular weight is 391 g/mol. The summed E-state index contributed by atoms with van der Waals surface area (Å²) in [6, 6.07) is 11.7. The zero-order valence-electron chi connectivity index (χ0n) is 18.1. The van der Waals surface area contributed by atoms with Gasteiger partial charge >= 0.3 is 5.97 Å². The Bertz CT molecular complexity index is 979. The van der Waals surface area contributed by atoms with Crippen LogP contribution in [0.15, 0.2) is 36.4 Å². The predicted molar refractivity (Wildman–Crippen MR) is 116 cm³/mol. The monoisotopic (exact) mass is 390 g/mol. The molecule has 0 aromatic heterocycles. The first-order valence-electron chi connectivity index (χ1n) is 10.4. The Morgan fingerprint density at radius 2 is 1.69 bits per heavy atom. The molecule has 152 valence electrons. The number of carboxylic acids is 1. The minimum Gasteiger partial charge on any atom is -0.478 e. The molecule has 0 atom stereocenters. The molecule has 1 saturated carbocycles. The SMILES string of the molecule is CCOC1(c2ccc(C#Cc3ccc(C(=O)O)c(CC)c3)cc2C(C)(C)C)CC1. The van der Waals surface area contributed by atoms with Gasteiger partial charge in [0.25, 0.3) is 0 Å². The summed E-state index contributed by atoms with van der Waals surface area (Å²) in [6.07, 6.45) is 2.81. The summed E-state index contributed by atoms with van der Waals surface area (Å²) in [7, 11) is 0. The third kappa shape index (κ3) is 4.54. The number of aromatic carboxylic acids is 1. The van der Waals surface area contributed by atoms with Crippen LogP contribution in [0, 0.1) is 11.8 Å². The van der Waals surface area contributed by atoms with Crippen molar-refractivity contribution in [1.82, 2.24) is 0 Å². The van der Waals surface area contributed by atoms with Crippen molar-refractivity contribution in [3.63, 3.8) is 0 Å². The molecule has 0 spiro atoms. The summed E-state index contributed by atoms with van der Waals surface area (Å²) in [6.45, 7) is 11.4. The lowest BCUT2D eigenvalue weighted by molar-refractivity contribution is 0.0383. The highest BCUT2D eigenvalue weighted by Gasteiger charge is 2.47. The Balaban J connectivity index is 1.97. The molecular weight excluding hydrogens is 360 g/mol. The maximum absolute atomic E-state index is 11.3. The van der Waals surface area contributed by atoms with Crippen LogP contribution in [0.5, 0.6) is 0 Å². The van der Waals surface area contributed by atoms with Gasteiger partial charge in [0.2, 0.25) is 0 Å². The topological polar surface area (TPSA) is 46.5 Å². The van der Waals surface area contributed by atoms with Crippen molar-refractivity contribution in [3.8, 4) is 11.8 Å². The molecule has 1 N–H and O–H groups in total. The second kappa shape index (κ2) is 8.05. The molecule has 2 aromatic carbocycles. The smallest absolute Gasteiger partial charge is 0.335 e. The molecular formula is C26H30O3. The van der Waals surface area contributed by atoms with Gasteiger partial charge in [0.1, 0.15) is 0 Å². The first-order valence-corrected chi connectivity index (χ1v) is 10.4. The van der Waals surface area contributed by atoms with Crippen molar-refractivity contribution in [1.29, 1.82) is 0 Å². The number of carbonyl (C=O) groups is 1. The molecule has 0 aliphatic heterocycles. The molecule has 1 aliphatic rings. The fraction of sp³-hybridized carbons (Fsp3) is 0.423. The van der Waals surface area contributed by atoms with Crippen LogP contribution >= 0.6 is 0 Å². The average Bonchev–Trinajstić information content (AvgIpc) is 3.46. The van der Waals surface area contributed by atoms with E-state index in [4.69, 9.17) is 4.74 Å². The lowest BCUT2D eigenvalue weighted by Crippen LogP contribution is -2.21. The Morgan fingerprint density at radius 3 is 2.21 bits per heavy atom. The van der Waals surface area contributed by atoms with Crippen molar-refractivity contribution < 1.29 is 14.6 Å². The molecule has 0 amide bonds. The third-order valence-electron chi connectivity index (χ3n) is 5.51. The highest BCUT2D eigenvalue weighted by atomic mass is 16.5. The van der Waals surface area contributed by atoms with E-state index in [1.807, 2.05) is 13.0 Å². The fourth-order valence-corrected chi connectivity index (χ4v) is 3.84. The molecule has 0 radical (unpaired) electrons. The summed E-state index contributed by atoms with van der Waals surface area (Å²) in [5, 5.41) is 9.29. The van der Waals surface area contributed by atoms with E-state index in [0.29, 0.717) is 12.0 Å². The number of hydrogen-bond acceptors (Lipinski definition) is 2. The summed E-state index contributed by atoms with van der Waals surface area (Å²) in [5.41, 5.74) is 5.41. The molecule has 29 heavy (non-hydrogen) atoms. The van der Waals surface area contributed by atoms with Crippen LogP contribution in [0.4, 0.5) is 0 Å². The van der Waals surface area contributed by atoms with Crippen LogP contribution in [0.3, 0.4) is 0 Å². The summed E-state index contributed by atoms with van der Waals surface area (Å²) in [4.78, 5) is 11.3. The van der Waals surface area contributed by atoms with Crippen LogP contribution in [0.25, 0.3) is 0 Å². The minimum atomic E-state index is -0.893. The van der Waals surface area contributed by atoms with E-state index in [9.17, 15) is 9.90 Å². The molecule has 1 aliphatic carbocycles. The standard InChI is InChI=1S/C26H30O3/c1-6-20-16-18(10-12-21(20)24(27)28)8-9-19-11-13-22(23(17-19)25(3,4)5)26(14-15-26)29-7-2/h10-13,16-17H,6-7,14-15H2,1-5H3,(H,27,28). The van der Waals surface area contributed by atoms with E-state index in [0.717, 1.165) is 36.1 Å². The molecule has 3 heteroatoms. The Morgan fingerprint density at radius 1 is 1.07 bits per heavy atom. The molecule has 2 aromatic rings. The van der Waals surface area contributed by atoms with Crippen LogP contribution in [-0.4, -0.2) is 17.7 Å². The summed E-state index contributed by atoms with van der Waals surface area (Å²) in [5.74, 6) is 5.58. The van der Waals surface area contributed by atoms with Gasteiger partial charge in [-0.15, -0.1) is 0 Å². The number of aryl methyl sites for hydroxylation is 1. The number of hydrogen-bond donors (Lipinski definition) is 1. The van der Waals surface area contributed by atoms with Gasteiger partial charge in [-0.25, -0.2) is 4.79 Å². The van der Waals surface area contributed by atoms with Crippen LogP contribution in [0.1, 0.15) is 85.6 Å². The molecule has 0 heterocycles. The quantitative estimate of drug-likeness (QED) is 0.669. The van der Waals surface area contributed by atoms with Crippen molar-refractivity contribution in [2.24, 2.45) is 0 Å². The fourth-order valence-electron chi connectivity index (χ4n) is 3.84. The maximum Gasteiger partial charge on any atom is 0.335 e. The van der Waals surface area contributed by atoms with Crippen molar-refractivity contribution in [3.05, 3.63) is 69.8 Å². The Hall–Kier alpha value is -2.57. The lowest BCUT2D eigenvalue weighted by atomic mass is 9.80. The van der Waals surface area contributed by atoms with E-state index < -0.39 is 5.97 Å². The Labute approximate surface area is 174 Å². The minimum absolute atomic E-state index is 0.00176. The van der Waals surface area contributed by atoms with Gasteiger partial charge < -0.3 is 9.84 Å². The van der Waals surface area contributed by atoms with Gasteiger partial charge in [0.05, 0.1) is 11.2 Å². The van der Waals surface area contributed by atoms with Crippen molar-refractivity contribution in [2.45, 2.75) is 64.9 Å². The van der Waals surface area contributed by atoms with Gasteiger partial charge in [-0.1, -0.05) is 45.6 Å². The third-order valence-corrected chi connectivity index (χ3v) is 5.51.